The second kappa shape index (κ2) is 27.7. The molecule has 0 amide bonds. The van der Waals surface area contributed by atoms with E-state index >= 15 is 0 Å². The van der Waals surface area contributed by atoms with Crippen LogP contribution in [0.1, 0.15) is 0 Å². The van der Waals surface area contributed by atoms with E-state index in [9.17, 15) is 38.8 Å². The van der Waals surface area contributed by atoms with E-state index in [4.69, 9.17) is 31.3 Å². The molecule has 26 nitrogen and oxygen atoms in total. The summed E-state index contributed by atoms with van der Waals surface area (Å²) in [5.41, 5.74) is 7.56. The molecule has 9 aromatic heterocycles. The molecule has 0 aliphatic carbocycles. The summed E-state index contributed by atoms with van der Waals surface area (Å²) in [6.45, 7) is -0.0862. The molecule has 374 valence electrons. The molecule has 9 aromatic rings. The number of ether oxygens (including phenoxy) is 2. The van der Waals surface area contributed by atoms with Crippen molar-refractivity contribution in [2.45, 2.75) is 10.1 Å². The molecular weight excluding hydrogens is 1120 g/mol. The second-order valence-corrected chi connectivity index (χ2v) is 15.7. The predicted molar refractivity (Wildman–Crippen MR) is 256 cm³/mol. The highest BCUT2D eigenvalue weighted by molar-refractivity contribution is 7.98. The number of nitrogens with zero attached hydrogens (tertiary/aromatic N) is 12. The summed E-state index contributed by atoms with van der Waals surface area (Å²) < 4.78 is 40.1. The summed E-state index contributed by atoms with van der Waals surface area (Å²) >= 11 is 1.28. The van der Waals surface area contributed by atoms with E-state index in [0.717, 1.165) is 11.8 Å². The maximum absolute atomic E-state index is 11.3. The number of anilines is 1. The van der Waals surface area contributed by atoms with Gasteiger partial charge < -0.3 is 49.4 Å². The van der Waals surface area contributed by atoms with Crippen molar-refractivity contribution < 1.29 is 71.5 Å². The van der Waals surface area contributed by atoms with E-state index in [-0.39, 0.29) is 98.0 Å². The number of hydrogen-bond acceptors (Lipinski definition) is 19. The first kappa shape index (κ1) is 59.0. The van der Waals surface area contributed by atoms with E-state index in [1.807, 2.05) is 36.4 Å². The van der Waals surface area contributed by atoms with E-state index in [1.54, 1.807) is 90.3 Å². The highest BCUT2D eigenvalue weighted by atomic mass is 127. The van der Waals surface area contributed by atoms with Crippen molar-refractivity contribution in [3.05, 3.63) is 159 Å². The Morgan fingerprint density at radius 1 is 0.629 bits per heavy atom. The maximum atomic E-state index is 11.3. The molecule has 0 unspecified atom stereocenters. The molecule has 9 heterocycles. The Labute approximate surface area is 429 Å². The molecule has 0 fully saturated rings. The van der Waals surface area contributed by atoms with Gasteiger partial charge in [-0.3, -0.25) is 30.3 Å². The summed E-state index contributed by atoms with van der Waals surface area (Å²) in [5, 5.41) is 65.4. The van der Waals surface area contributed by atoms with E-state index in [2.05, 4.69) is 20.4 Å². The van der Waals surface area contributed by atoms with Crippen LogP contribution in [0.2, 0.25) is 0 Å². The normalized spacial score (nSPS) is 10.2. The molecule has 0 radical (unpaired) electrons. The number of hydrogen-bond donors (Lipinski definition) is 4. The van der Waals surface area contributed by atoms with Gasteiger partial charge in [-0.1, -0.05) is 35.0 Å². The lowest BCUT2D eigenvalue weighted by Crippen LogP contribution is -3.00. The number of aliphatic hydroxyl groups is 2. The molecule has 70 heavy (non-hydrogen) atoms. The van der Waals surface area contributed by atoms with Gasteiger partial charge in [0.15, 0.2) is 17.4 Å². The number of pyridine rings is 5. The molecule has 9 rings (SSSR count). The molecule has 0 spiro atoms. The number of nitro groups is 3. The molecule has 0 aliphatic heterocycles. The average Bonchev–Trinajstić information content (AvgIpc) is 4.09. The van der Waals surface area contributed by atoms with E-state index in [0.29, 0.717) is 27.6 Å². The third-order valence-electron chi connectivity index (χ3n) is 8.48. The van der Waals surface area contributed by atoms with Crippen molar-refractivity contribution in [3.8, 4) is 11.8 Å². The number of halogens is 3. The Bertz CT molecular complexity index is 3250. The maximum Gasteiger partial charge on any atom is 0.357 e. The van der Waals surface area contributed by atoms with Gasteiger partial charge in [-0.2, -0.15) is 5.10 Å². The van der Waals surface area contributed by atoms with E-state index < -0.39 is 35.3 Å². The fraction of sp³-hybridized carbons (Fsp3) is 0.154. The SMILES string of the molecule is CS(=O)(=O)c1nn2ccccc2c1[N+](=O)[O-].CSc1nn2ccccc2c1[N+](=O)[O-].Cl.Cl.N[n+]1ccccc1.Nc1c(OCCO)nn2ccccc12.O=[N+]([O-])c1c(OCCO)nn2ccccc12.[I-]. The van der Waals surface area contributed by atoms with Gasteiger partial charge in [0.05, 0.1) is 33.5 Å². The summed E-state index contributed by atoms with van der Waals surface area (Å²) in [6.07, 6.45) is 12.8. The first-order chi connectivity index (χ1) is 32.1. The number of nitrogen functional groups attached to an aromatic ring is 2. The van der Waals surface area contributed by atoms with Gasteiger partial charge in [-0.25, -0.2) is 32.3 Å². The molecule has 6 N–H and O–H groups in total. The molecule has 0 aliphatic rings. The van der Waals surface area contributed by atoms with Gasteiger partial charge in [0.1, 0.15) is 35.5 Å². The van der Waals surface area contributed by atoms with Crippen LogP contribution in [0.3, 0.4) is 0 Å². The lowest BCUT2D eigenvalue weighted by atomic mass is 10.3. The van der Waals surface area contributed by atoms with E-state index in [1.165, 1.54) is 42.2 Å². The van der Waals surface area contributed by atoms with Gasteiger partial charge in [0.25, 0.3) is 10.9 Å². The molecular formula is C39H43Cl2IN14O12S2. The molecule has 0 atom stereocenters. The van der Waals surface area contributed by atoms with Crippen molar-refractivity contribution in [1.29, 1.82) is 0 Å². The fourth-order valence-corrected chi connectivity index (χ4v) is 7.00. The van der Waals surface area contributed by atoms with Crippen LogP contribution in [0.25, 0.3) is 22.1 Å². The topological polar surface area (TPSA) is 348 Å². The Balaban J connectivity index is 0.000000302. The van der Waals surface area contributed by atoms with Crippen LogP contribution >= 0.6 is 36.6 Å². The highest BCUT2D eigenvalue weighted by Gasteiger charge is 2.30. The minimum absolute atomic E-state index is 0. The Kier molecular flexibility index (Phi) is 23.4. The minimum Gasteiger partial charge on any atom is -1.00 e. The lowest BCUT2D eigenvalue weighted by Gasteiger charge is -1.98. The van der Waals surface area contributed by atoms with Gasteiger partial charge in [-0.15, -0.1) is 51.9 Å². The number of nitrogens with two attached hydrogens (primary N) is 2. The zero-order valence-corrected chi connectivity index (χ0v) is 41.9. The van der Waals surface area contributed by atoms with Gasteiger partial charge in [0.2, 0.25) is 9.84 Å². The molecule has 0 aromatic carbocycles. The Hall–Kier alpha value is -7.16. The minimum atomic E-state index is -3.71. The van der Waals surface area contributed by atoms with Crippen LogP contribution in [-0.4, -0.2) is 111 Å². The largest absolute Gasteiger partial charge is 1.00 e. The number of sulfone groups is 1. The third kappa shape index (κ3) is 14.9. The molecule has 0 saturated carbocycles. The van der Waals surface area contributed by atoms with Gasteiger partial charge in [0, 0.05) is 43.2 Å². The van der Waals surface area contributed by atoms with Crippen LogP contribution in [0, 0.1) is 30.3 Å². The van der Waals surface area contributed by atoms with Crippen LogP contribution in [0.4, 0.5) is 22.7 Å². The number of fused-ring (bicyclic) bond motifs is 4. The zero-order chi connectivity index (χ0) is 48.7. The van der Waals surface area contributed by atoms with Crippen molar-refractivity contribution in [3.63, 3.8) is 0 Å². The van der Waals surface area contributed by atoms with Crippen LogP contribution in [-0.2, 0) is 9.84 Å². The first-order valence-electron chi connectivity index (χ1n) is 19.1. The third-order valence-corrected chi connectivity index (χ3v) is 10.1. The van der Waals surface area contributed by atoms with Gasteiger partial charge >= 0.3 is 22.9 Å². The van der Waals surface area contributed by atoms with Crippen LogP contribution < -0.4 is 49.7 Å². The number of thioether (sulfide) groups is 1. The molecule has 0 saturated heterocycles. The Morgan fingerprint density at radius 2 is 1.03 bits per heavy atom. The quantitative estimate of drug-likeness (QED) is 0.0351. The second-order valence-electron chi connectivity index (χ2n) is 13.0. The summed E-state index contributed by atoms with van der Waals surface area (Å²) in [4.78, 5) is 30.8. The summed E-state index contributed by atoms with van der Waals surface area (Å²) in [5.74, 6) is 5.56. The smallest absolute Gasteiger partial charge is 0.357 e. The monoisotopic (exact) mass is 1160 g/mol. The van der Waals surface area contributed by atoms with Crippen LogP contribution in [0.15, 0.2) is 138 Å². The van der Waals surface area contributed by atoms with Crippen LogP contribution in [0.5, 0.6) is 11.8 Å². The Morgan fingerprint density at radius 3 is 1.44 bits per heavy atom. The molecule has 0 bridgehead atoms. The average molecular weight is 1160 g/mol. The zero-order valence-electron chi connectivity index (χ0n) is 36.5. The lowest BCUT2D eigenvalue weighted by molar-refractivity contribution is -0.638. The van der Waals surface area contributed by atoms with Crippen molar-refractivity contribution in [2.24, 2.45) is 0 Å². The fourth-order valence-electron chi connectivity index (χ4n) is 5.69. The number of rotatable bonds is 11. The van der Waals surface area contributed by atoms with Crippen molar-refractivity contribution >= 4 is 91.2 Å². The molecule has 31 heteroatoms. The standard InChI is InChI=1S/C9H9N3O4.C9H11N3O2.C8H7N3O4S.C8H7N3O2S.C5H7N2.2ClH.HI/c13-5-6-16-9-8(12(14)15)7-3-1-2-4-11(7)10-9;10-8-7-3-1-2-4-12(7)11-9(8)14-6-5-13;1-16(14,15)8-7(11(12)13)6-4-2-3-5-10(6)9-8;1-14-8-7(11(12)13)6-4-2-3-5-10(6)9-8;6-7-4-2-1-3-5-7;;;/h1-4,13H,5-6H2;1-4,13H,5-6,10H2;2-5H,1H3;2-5H,1H3;1-5H,6H2;3*1H/q;;;;+1;;;/p-1. The van der Waals surface area contributed by atoms with Crippen molar-refractivity contribution in [2.75, 3.05) is 50.5 Å². The summed E-state index contributed by atoms with van der Waals surface area (Å²) in [6, 6.07) is 26.1. The number of aliphatic hydroxyl groups excluding tert-OH is 2. The first-order valence-corrected chi connectivity index (χ1v) is 22.2. The predicted octanol–water partition coefficient (Wildman–Crippen LogP) is 1.05. The number of aromatic nitrogens is 9. The van der Waals surface area contributed by atoms with Gasteiger partial charge in [-0.05, 0) is 54.8 Å². The van der Waals surface area contributed by atoms with Crippen molar-refractivity contribution in [1.82, 2.24) is 38.5 Å². The summed E-state index contributed by atoms with van der Waals surface area (Å²) in [7, 11) is -3.71. The highest BCUT2D eigenvalue weighted by Crippen LogP contribution is 2.32.